The fourth-order valence-electron chi connectivity index (χ4n) is 9.26. The van der Waals surface area contributed by atoms with Crippen molar-refractivity contribution in [1.82, 2.24) is 4.90 Å². The number of carbonyl (C=O) groups is 1. The Morgan fingerprint density at radius 1 is 0.977 bits per heavy atom. The lowest BCUT2D eigenvalue weighted by Crippen LogP contribution is -2.51. The van der Waals surface area contributed by atoms with Crippen LogP contribution in [0.1, 0.15) is 120 Å². The number of aromatic hydroxyl groups is 1. The van der Waals surface area contributed by atoms with Gasteiger partial charge in [0.25, 0.3) is 0 Å². The third kappa shape index (κ3) is 7.52. The normalized spacial score (nSPS) is 29.1. The highest BCUT2D eigenvalue weighted by molar-refractivity contribution is 5.76. The summed E-state index contributed by atoms with van der Waals surface area (Å²) in [6.45, 7) is 6.03. The number of rotatable bonds is 15. The number of phenolic OH excluding ortho intramolecular Hbond substituents is 1. The molecule has 0 aromatic heterocycles. The fraction of sp³-hybridized carbons (Fsp3) is 0.667. The van der Waals surface area contributed by atoms with E-state index in [1.54, 1.807) is 6.07 Å². The van der Waals surface area contributed by atoms with Gasteiger partial charge in [-0.25, -0.2) is 4.39 Å². The first-order chi connectivity index (χ1) is 21.3. The van der Waals surface area contributed by atoms with Crippen molar-refractivity contribution in [3.8, 4) is 5.75 Å². The Kier molecular flexibility index (Phi) is 11.4. The molecule has 0 radical (unpaired) electrons. The molecule has 2 aromatic rings. The number of carbonyl (C=O) groups excluding carboxylic acids is 1. The van der Waals surface area contributed by atoms with Crippen LogP contribution in [0.4, 0.5) is 4.39 Å². The molecule has 0 aliphatic heterocycles. The Morgan fingerprint density at radius 2 is 1.73 bits per heavy atom. The first-order valence-corrected chi connectivity index (χ1v) is 17.8. The van der Waals surface area contributed by atoms with Crippen molar-refractivity contribution in [2.45, 2.75) is 128 Å². The van der Waals surface area contributed by atoms with Gasteiger partial charge in [0.05, 0.1) is 6.10 Å². The molecule has 1 amide bonds. The zero-order valence-corrected chi connectivity index (χ0v) is 27.2. The number of unbranched alkanes of at least 4 members (excludes halogenated alkanes) is 5. The fourth-order valence-corrected chi connectivity index (χ4v) is 9.26. The number of aryl methyl sites for hydroxylation is 1. The number of hydrogen-bond acceptors (Lipinski definition) is 3. The second-order valence-electron chi connectivity index (χ2n) is 14.5. The standard InChI is InChI=1S/C39H56FNO3/c1-3-4-5-11-23-41(36(44)18-13-16-28-14-8-6-9-15-28)24-12-7-10-17-29-25-30-26-31(42)19-20-32(30)38-34(40)27-39(2)33(37(29)38)21-22-35(39)43/h6,8-9,14-15,19-20,26,29,33-35,37-38,42-43H,3-5,7,10-13,16-18,21-25,27H2,1-2H3/t29-,33?,34+,35+,37?,38?,39+/m1/s1. The molecule has 2 fully saturated rings. The van der Waals surface area contributed by atoms with Gasteiger partial charge >= 0.3 is 0 Å². The zero-order valence-electron chi connectivity index (χ0n) is 27.2. The Hall–Kier alpha value is -2.40. The summed E-state index contributed by atoms with van der Waals surface area (Å²) in [6.07, 6.45) is 13.0. The first kappa shape index (κ1) is 33.0. The lowest BCUT2D eigenvalue weighted by atomic mass is 9.51. The van der Waals surface area contributed by atoms with Crippen LogP contribution in [0.15, 0.2) is 48.5 Å². The summed E-state index contributed by atoms with van der Waals surface area (Å²) in [5.74, 6) is 1.35. The largest absolute Gasteiger partial charge is 0.508 e. The average Bonchev–Trinajstić information content (AvgIpc) is 3.31. The Balaban J connectivity index is 1.17. The van der Waals surface area contributed by atoms with Crippen LogP contribution >= 0.6 is 0 Å². The highest BCUT2D eigenvalue weighted by Crippen LogP contribution is 2.63. The van der Waals surface area contributed by atoms with Gasteiger partial charge in [-0.3, -0.25) is 4.79 Å². The number of alkyl halides is 1. The van der Waals surface area contributed by atoms with Crippen LogP contribution < -0.4 is 0 Å². The Morgan fingerprint density at radius 3 is 2.48 bits per heavy atom. The lowest BCUT2D eigenvalue weighted by Gasteiger charge is -2.54. The molecule has 44 heavy (non-hydrogen) atoms. The molecule has 0 heterocycles. The highest BCUT2D eigenvalue weighted by Gasteiger charge is 2.59. The highest BCUT2D eigenvalue weighted by atomic mass is 19.1. The molecule has 242 valence electrons. The minimum Gasteiger partial charge on any atom is -0.508 e. The van der Waals surface area contributed by atoms with Crippen molar-refractivity contribution in [3.05, 3.63) is 65.2 Å². The molecule has 3 unspecified atom stereocenters. The van der Waals surface area contributed by atoms with E-state index in [4.69, 9.17) is 0 Å². The van der Waals surface area contributed by atoms with Gasteiger partial charge in [-0.05, 0) is 110 Å². The molecule has 0 saturated heterocycles. The van der Waals surface area contributed by atoms with Crippen molar-refractivity contribution >= 4 is 5.91 Å². The van der Waals surface area contributed by atoms with Crippen LogP contribution in [0, 0.1) is 23.2 Å². The predicted octanol–water partition coefficient (Wildman–Crippen LogP) is 8.78. The average molecular weight is 606 g/mol. The molecule has 2 saturated carbocycles. The number of aliphatic hydroxyl groups is 1. The Labute approximate surface area is 265 Å². The van der Waals surface area contributed by atoms with E-state index in [1.165, 1.54) is 24.8 Å². The summed E-state index contributed by atoms with van der Waals surface area (Å²) >= 11 is 0. The summed E-state index contributed by atoms with van der Waals surface area (Å²) in [5, 5.41) is 21.2. The number of halogens is 1. The van der Waals surface area contributed by atoms with Crippen LogP contribution in [0.25, 0.3) is 0 Å². The smallest absolute Gasteiger partial charge is 0.222 e. The molecule has 5 heteroatoms. The maximum absolute atomic E-state index is 16.1. The molecular weight excluding hydrogens is 549 g/mol. The topological polar surface area (TPSA) is 60.8 Å². The van der Waals surface area contributed by atoms with Gasteiger partial charge in [0.2, 0.25) is 5.91 Å². The van der Waals surface area contributed by atoms with E-state index in [1.807, 2.05) is 18.2 Å². The number of fused-ring (bicyclic) bond motifs is 5. The summed E-state index contributed by atoms with van der Waals surface area (Å²) in [6, 6.07) is 16.0. The first-order valence-electron chi connectivity index (χ1n) is 17.8. The van der Waals surface area contributed by atoms with E-state index in [0.29, 0.717) is 30.6 Å². The van der Waals surface area contributed by atoms with Crippen LogP contribution in [0.2, 0.25) is 0 Å². The van der Waals surface area contributed by atoms with Gasteiger partial charge in [0.15, 0.2) is 0 Å². The van der Waals surface area contributed by atoms with Gasteiger partial charge < -0.3 is 15.1 Å². The van der Waals surface area contributed by atoms with E-state index >= 15 is 4.39 Å². The molecule has 0 bridgehead atoms. The van der Waals surface area contributed by atoms with Gasteiger partial charge in [0.1, 0.15) is 11.9 Å². The van der Waals surface area contributed by atoms with Gasteiger partial charge in [-0.15, -0.1) is 0 Å². The summed E-state index contributed by atoms with van der Waals surface area (Å²) in [4.78, 5) is 15.4. The van der Waals surface area contributed by atoms with Gasteiger partial charge in [-0.1, -0.05) is 82.3 Å². The molecule has 4 nitrogen and oxygen atoms in total. The Bertz CT molecular complexity index is 1200. The van der Waals surface area contributed by atoms with E-state index < -0.39 is 12.3 Å². The number of phenols is 1. The van der Waals surface area contributed by atoms with Gasteiger partial charge in [0, 0.05) is 25.4 Å². The SMILES string of the molecule is CCCCCCN(CCCCC[C@@H]1Cc2cc(O)ccc2C2C1C1CC[C@H](O)[C@@]1(C)C[C@@H]2F)C(=O)CCCc1ccccc1. The maximum atomic E-state index is 16.1. The van der Waals surface area contributed by atoms with Crippen LogP contribution in [-0.2, 0) is 17.6 Å². The molecule has 7 atom stereocenters. The number of nitrogens with zero attached hydrogens (tertiary/aromatic N) is 1. The summed E-state index contributed by atoms with van der Waals surface area (Å²) in [5.41, 5.74) is 3.15. The van der Waals surface area contributed by atoms with Gasteiger partial charge in [-0.2, -0.15) is 0 Å². The minimum atomic E-state index is -0.964. The van der Waals surface area contributed by atoms with E-state index in [2.05, 4.69) is 43.0 Å². The second kappa shape index (κ2) is 15.3. The van der Waals surface area contributed by atoms with Crippen molar-refractivity contribution in [2.24, 2.45) is 23.2 Å². The predicted molar refractivity (Wildman–Crippen MR) is 176 cm³/mol. The monoisotopic (exact) mass is 605 g/mol. The zero-order chi connectivity index (χ0) is 31.1. The molecule has 2 N–H and O–H groups in total. The van der Waals surface area contributed by atoms with E-state index in [0.717, 1.165) is 88.4 Å². The van der Waals surface area contributed by atoms with Crippen molar-refractivity contribution in [1.29, 1.82) is 0 Å². The minimum absolute atomic E-state index is 0.139. The number of amides is 1. The van der Waals surface area contributed by atoms with Crippen molar-refractivity contribution in [3.63, 3.8) is 0 Å². The number of benzene rings is 2. The van der Waals surface area contributed by atoms with Crippen molar-refractivity contribution in [2.75, 3.05) is 13.1 Å². The molecule has 2 aromatic carbocycles. The number of aliphatic hydroxyl groups excluding tert-OH is 1. The lowest BCUT2D eigenvalue weighted by molar-refractivity contribution is -0.131. The second-order valence-corrected chi connectivity index (χ2v) is 14.5. The third-order valence-electron chi connectivity index (χ3n) is 11.6. The number of hydrogen-bond donors (Lipinski definition) is 2. The molecular formula is C39H56FNO3. The van der Waals surface area contributed by atoms with E-state index in [9.17, 15) is 15.0 Å². The molecule has 3 aliphatic rings. The molecule has 0 spiro atoms. The third-order valence-corrected chi connectivity index (χ3v) is 11.6. The molecule has 3 aliphatic carbocycles. The van der Waals surface area contributed by atoms with Crippen LogP contribution in [-0.4, -0.2) is 46.4 Å². The summed E-state index contributed by atoms with van der Waals surface area (Å²) < 4.78 is 16.1. The molecule has 5 rings (SSSR count). The van der Waals surface area contributed by atoms with E-state index in [-0.39, 0.29) is 23.0 Å². The van der Waals surface area contributed by atoms with Crippen LogP contribution in [0.3, 0.4) is 0 Å². The van der Waals surface area contributed by atoms with Crippen LogP contribution in [0.5, 0.6) is 5.75 Å². The maximum Gasteiger partial charge on any atom is 0.222 e. The van der Waals surface area contributed by atoms with Crippen molar-refractivity contribution < 1.29 is 19.4 Å². The quantitative estimate of drug-likeness (QED) is 0.200. The summed E-state index contributed by atoms with van der Waals surface area (Å²) in [7, 11) is 0.